The van der Waals surface area contributed by atoms with Crippen LogP contribution in [0.15, 0.2) is 24.3 Å². The second kappa shape index (κ2) is 69.4. The van der Waals surface area contributed by atoms with Crippen molar-refractivity contribution in [2.75, 3.05) is 13.2 Å². The van der Waals surface area contributed by atoms with Gasteiger partial charge in [-0.15, -0.1) is 0 Å². The Morgan fingerprint density at radius 1 is 0.237 bits per heavy atom. The normalized spacial score (nSPS) is 12.1. The van der Waals surface area contributed by atoms with Crippen LogP contribution in [0.1, 0.15) is 412 Å². The number of esters is 3. The van der Waals surface area contributed by atoms with Crippen molar-refractivity contribution < 1.29 is 28.6 Å². The van der Waals surface area contributed by atoms with E-state index in [1.165, 1.54) is 308 Å². The molecule has 6 nitrogen and oxygen atoms in total. The minimum absolute atomic E-state index is 0.0696. The summed E-state index contributed by atoms with van der Waals surface area (Å²) in [6, 6.07) is 0. The lowest BCUT2D eigenvalue weighted by atomic mass is 10.0. The minimum atomic E-state index is -0.773. The Labute approximate surface area is 500 Å². The highest BCUT2D eigenvalue weighted by Crippen LogP contribution is 2.19. The molecule has 0 aromatic heterocycles. The molecule has 0 rings (SSSR count). The molecule has 0 aliphatic rings. The van der Waals surface area contributed by atoms with Crippen LogP contribution in [0.2, 0.25) is 0 Å². The van der Waals surface area contributed by atoms with Crippen LogP contribution in [0.25, 0.3) is 0 Å². The molecule has 0 amide bonds. The van der Waals surface area contributed by atoms with Gasteiger partial charge in [0.15, 0.2) is 6.10 Å². The molecule has 6 heteroatoms. The summed E-state index contributed by atoms with van der Waals surface area (Å²) in [5.41, 5.74) is 0. The maximum absolute atomic E-state index is 12.9. The molecule has 0 aliphatic carbocycles. The topological polar surface area (TPSA) is 78.9 Å². The summed E-state index contributed by atoms with van der Waals surface area (Å²) in [5.74, 6) is -0.854. The van der Waals surface area contributed by atoms with E-state index < -0.39 is 6.10 Å². The Hall–Kier alpha value is -2.11. The van der Waals surface area contributed by atoms with Crippen LogP contribution in [0.4, 0.5) is 0 Å². The molecular formula is C74H140O6. The monoisotopic (exact) mass is 1130 g/mol. The first-order chi connectivity index (χ1) is 39.5. The lowest BCUT2D eigenvalue weighted by Crippen LogP contribution is -2.30. The van der Waals surface area contributed by atoms with E-state index in [0.717, 1.165) is 64.2 Å². The fourth-order valence-electron chi connectivity index (χ4n) is 11.2. The molecule has 0 saturated carbocycles. The standard InChI is InChI=1S/C74H140O6/c1-4-7-10-13-16-19-22-24-26-28-30-31-32-33-34-35-36-37-38-39-40-41-42-44-45-47-49-52-55-58-61-64-67-73(76)79-70-71(69-78-72(75)66-63-60-57-54-51-21-18-15-12-9-6-3)80-74(77)68-65-62-59-56-53-50-48-46-43-29-27-25-23-20-17-14-11-8-5-2/h15,18,25,27,71H,4-14,16-17,19-24,26,28-70H2,1-3H3/b18-15-,27-25-. The first-order valence-corrected chi connectivity index (χ1v) is 36.3. The SMILES string of the molecule is CCCC/C=C\CCCCCCCC(=O)OCC(COC(=O)CCCCCCCCCCCCCCCCCCCCCCCCCCCCCCCCCC)OC(=O)CCCCCCCCCCC/C=C\CCCCCCCC. The van der Waals surface area contributed by atoms with E-state index in [2.05, 4.69) is 45.1 Å². The first kappa shape index (κ1) is 77.9. The van der Waals surface area contributed by atoms with Crippen LogP contribution in [-0.4, -0.2) is 37.2 Å². The molecule has 0 fully saturated rings. The van der Waals surface area contributed by atoms with Crippen molar-refractivity contribution in [3.63, 3.8) is 0 Å². The Bertz CT molecular complexity index is 1290. The molecular weight excluding hydrogens is 985 g/mol. The van der Waals surface area contributed by atoms with Crippen LogP contribution in [-0.2, 0) is 28.6 Å². The van der Waals surface area contributed by atoms with E-state index in [0.29, 0.717) is 19.3 Å². The summed E-state index contributed by atoms with van der Waals surface area (Å²) in [6.07, 6.45) is 85.2. The van der Waals surface area contributed by atoms with Crippen LogP contribution in [0.5, 0.6) is 0 Å². The van der Waals surface area contributed by atoms with E-state index in [1.54, 1.807) is 0 Å². The third kappa shape index (κ3) is 66.7. The average molecular weight is 1130 g/mol. The number of ether oxygens (including phenoxy) is 3. The third-order valence-electron chi connectivity index (χ3n) is 16.7. The number of unbranched alkanes of at least 4 members (excludes halogenated alkanes) is 53. The molecule has 0 spiro atoms. The zero-order valence-electron chi connectivity index (χ0n) is 54.4. The number of carbonyl (C=O) groups is 3. The third-order valence-corrected chi connectivity index (χ3v) is 16.7. The van der Waals surface area contributed by atoms with Crippen molar-refractivity contribution in [3.05, 3.63) is 24.3 Å². The molecule has 0 bridgehead atoms. The molecule has 80 heavy (non-hydrogen) atoms. The molecule has 0 aromatic rings. The van der Waals surface area contributed by atoms with Crippen molar-refractivity contribution in [3.8, 4) is 0 Å². The molecule has 0 aliphatic heterocycles. The quantitative estimate of drug-likeness (QED) is 0.0261. The minimum Gasteiger partial charge on any atom is -0.462 e. The van der Waals surface area contributed by atoms with Gasteiger partial charge in [0.25, 0.3) is 0 Å². The Morgan fingerprint density at radius 2 is 0.425 bits per heavy atom. The van der Waals surface area contributed by atoms with Crippen molar-refractivity contribution in [1.82, 2.24) is 0 Å². The van der Waals surface area contributed by atoms with Gasteiger partial charge in [0, 0.05) is 19.3 Å². The molecule has 0 radical (unpaired) electrons. The van der Waals surface area contributed by atoms with Gasteiger partial charge < -0.3 is 14.2 Å². The molecule has 0 saturated heterocycles. The second-order valence-corrected chi connectivity index (χ2v) is 24.9. The predicted molar refractivity (Wildman–Crippen MR) is 349 cm³/mol. The van der Waals surface area contributed by atoms with Gasteiger partial charge >= 0.3 is 17.9 Å². The molecule has 0 aromatic carbocycles. The highest BCUT2D eigenvalue weighted by atomic mass is 16.6. The van der Waals surface area contributed by atoms with Gasteiger partial charge in [-0.2, -0.15) is 0 Å². The maximum atomic E-state index is 12.9. The van der Waals surface area contributed by atoms with Gasteiger partial charge in [-0.05, 0) is 64.2 Å². The van der Waals surface area contributed by atoms with Crippen LogP contribution in [0, 0.1) is 0 Å². The van der Waals surface area contributed by atoms with Gasteiger partial charge in [-0.25, -0.2) is 0 Å². The molecule has 1 unspecified atom stereocenters. The number of hydrogen-bond donors (Lipinski definition) is 0. The number of hydrogen-bond acceptors (Lipinski definition) is 6. The summed E-state index contributed by atoms with van der Waals surface area (Å²) in [5, 5.41) is 0. The van der Waals surface area contributed by atoms with E-state index >= 15 is 0 Å². The van der Waals surface area contributed by atoms with Crippen LogP contribution < -0.4 is 0 Å². The Kier molecular flexibility index (Phi) is 67.6. The van der Waals surface area contributed by atoms with Gasteiger partial charge in [0.1, 0.15) is 13.2 Å². The van der Waals surface area contributed by atoms with E-state index in [1.807, 2.05) is 0 Å². The Balaban J connectivity index is 4.07. The zero-order valence-corrected chi connectivity index (χ0v) is 54.4. The smallest absolute Gasteiger partial charge is 0.306 e. The summed E-state index contributed by atoms with van der Waals surface area (Å²) < 4.78 is 17.0. The second-order valence-electron chi connectivity index (χ2n) is 24.9. The summed E-state index contributed by atoms with van der Waals surface area (Å²) >= 11 is 0. The van der Waals surface area contributed by atoms with Gasteiger partial charge in [-0.1, -0.05) is 353 Å². The first-order valence-electron chi connectivity index (χ1n) is 36.3. The van der Waals surface area contributed by atoms with Crippen molar-refractivity contribution in [2.24, 2.45) is 0 Å². The molecule has 0 N–H and O–H groups in total. The molecule has 472 valence electrons. The van der Waals surface area contributed by atoms with Gasteiger partial charge in [-0.3, -0.25) is 14.4 Å². The summed E-state index contributed by atoms with van der Waals surface area (Å²) in [6.45, 7) is 6.67. The number of rotatable bonds is 68. The largest absolute Gasteiger partial charge is 0.462 e. The van der Waals surface area contributed by atoms with Crippen molar-refractivity contribution in [2.45, 2.75) is 419 Å². The Morgan fingerprint density at radius 3 is 0.662 bits per heavy atom. The zero-order chi connectivity index (χ0) is 57.8. The fourth-order valence-corrected chi connectivity index (χ4v) is 11.2. The highest BCUT2D eigenvalue weighted by molar-refractivity contribution is 5.71. The highest BCUT2D eigenvalue weighted by Gasteiger charge is 2.19. The lowest BCUT2D eigenvalue weighted by molar-refractivity contribution is -0.167. The van der Waals surface area contributed by atoms with Gasteiger partial charge in [0.2, 0.25) is 0 Å². The maximum Gasteiger partial charge on any atom is 0.306 e. The molecule has 0 heterocycles. The van der Waals surface area contributed by atoms with Crippen molar-refractivity contribution >= 4 is 17.9 Å². The molecule has 1 atom stereocenters. The average Bonchev–Trinajstić information content (AvgIpc) is 3.46. The van der Waals surface area contributed by atoms with Crippen LogP contribution in [0.3, 0.4) is 0 Å². The van der Waals surface area contributed by atoms with Gasteiger partial charge in [0.05, 0.1) is 0 Å². The van der Waals surface area contributed by atoms with Crippen molar-refractivity contribution in [1.29, 1.82) is 0 Å². The lowest BCUT2D eigenvalue weighted by Gasteiger charge is -2.18. The van der Waals surface area contributed by atoms with E-state index in [9.17, 15) is 14.4 Å². The van der Waals surface area contributed by atoms with E-state index in [-0.39, 0.29) is 31.1 Å². The summed E-state index contributed by atoms with van der Waals surface area (Å²) in [4.78, 5) is 38.3. The summed E-state index contributed by atoms with van der Waals surface area (Å²) in [7, 11) is 0. The number of allylic oxidation sites excluding steroid dienone is 4. The van der Waals surface area contributed by atoms with E-state index in [4.69, 9.17) is 14.2 Å². The predicted octanol–water partition coefficient (Wildman–Crippen LogP) is 25.0. The number of carbonyl (C=O) groups excluding carboxylic acids is 3. The van der Waals surface area contributed by atoms with Crippen LogP contribution >= 0.6 is 0 Å². The fraction of sp³-hybridized carbons (Fsp3) is 0.905.